The molecule has 0 fully saturated rings. The molecule has 7 heteroatoms. The summed E-state index contributed by atoms with van der Waals surface area (Å²) in [6.07, 6.45) is 1.60. The van der Waals surface area contributed by atoms with Crippen molar-refractivity contribution in [3.8, 4) is 0 Å². The van der Waals surface area contributed by atoms with Crippen LogP contribution < -0.4 is 10.7 Å². The predicted molar refractivity (Wildman–Crippen MR) is 105 cm³/mol. The number of carbonyl (C=O) groups excluding carboxylic acids is 1. The third-order valence-electron chi connectivity index (χ3n) is 2.99. The number of benzene rings is 2. The molecule has 4 nitrogen and oxygen atoms in total. The van der Waals surface area contributed by atoms with E-state index in [-0.39, 0.29) is 12.5 Å². The minimum absolute atomic E-state index is 0.137. The number of nitrogens with zero attached hydrogens (tertiary/aromatic N) is 1. The van der Waals surface area contributed by atoms with Gasteiger partial charge in [-0.15, -0.1) is 0 Å². The van der Waals surface area contributed by atoms with Crippen molar-refractivity contribution in [1.82, 2.24) is 5.43 Å². The predicted octanol–water partition coefficient (Wildman–Crippen LogP) is 4.84. The third-order valence-corrected chi connectivity index (χ3v) is 5.13. The number of rotatable bonds is 5. The summed E-state index contributed by atoms with van der Waals surface area (Å²) in [6, 6.07) is 11.5. The van der Waals surface area contributed by atoms with Gasteiger partial charge in [-0.2, -0.15) is 5.10 Å². The summed E-state index contributed by atoms with van der Waals surface area (Å²) < 4.78 is 2.91. The first-order valence-corrected chi connectivity index (χ1v) is 9.10. The highest BCUT2D eigenvalue weighted by Gasteiger charge is 2.05. The summed E-state index contributed by atoms with van der Waals surface area (Å²) in [7, 11) is 0. The Bertz CT molecular complexity index is 724. The van der Waals surface area contributed by atoms with Crippen molar-refractivity contribution >= 4 is 65.6 Å². The number of amides is 1. The van der Waals surface area contributed by atoms with Crippen molar-refractivity contribution in [2.75, 3.05) is 11.9 Å². The van der Waals surface area contributed by atoms with Crippen LogP contribution in [0.25, 0.3) is 0 Å². The average Bonchev–Trinajstić information content (AvgIpc) is 2.50. The van der Waals surface area contributed by atoms with Crippen molar-refractivity contribution in [3.05, 3.63) is 60.9 Å². The fraction of sp³-hybridized carbons (Fsp3) is 0.125. The molecule has 0 aliphatic heterocycles. The Morgan fingerprint density at radius 1 is 1.17 bits per heavy atom. The molecule has 0 aliphatic carbocycles. The smallest absolute Gasteiger partial charge is 0.259 e. The molecule has 2 aromatic carbocycles. The van der Waals surface area contributed by atoms with Crippen LogP contribution in [0.4, 0.5) is 5.69 Å². The highest BCUT2D eigenvalue weighted by atomic mass is 79.9. The van der Waals surface area contributed by atoms with Gasteiger partial charge in [0.05, 0.1) is 12.8 Å². The molecule has 23 heavy (non-hydrogen) atoms. The van der Waals surface area contributed by atoms with Gasteiger partial charge in [-0.3, -0.25) is 4.79 Å². The highest BCUT2D eigenvalue weighted by Crippen LogP contribution is 2.28. The molecule has 0 bridgehead atoms. The Kier molecular flexibility index (Phi) is 6.80. The van der Waals surface area contributed by atoms with Gasteiger partial charge in [0.1, 0.15) is 0 Å². The number of hydrogen-bond donors (Lipinski definition) is 2. The van der Waals surface area contributed by atoms with Crippen LogP contribution in [-0.2, 0) is 4.79 Å². The van der Waals surface area contributed by atoms with Gasteiger partial charge in [0.25, 0.3) is 5.91 Å². The summed E-state index contributed by atoms with van der Waals surface area (Å²) in [5.41, 5.74) is 5.35. The monoisotopic (exact) mass is 501 g/mol. The van der Waals surface area contributed by atoms with E-state index < -0.39 is 0 Å². The van der Waals surface area contributed by atoms with Gasteiger partial charge < -0.3 is 5.32 Å². The van der Waals surface area contributed by atoms with Crippen LogP contribution >= 0.6 is 47.8 Å². The van der Waals surface area contributed by atoms with Crippen LogP contribution in [0.1, 0.15) is 11.1 Å². The van der Waals surface area contributed by atoms with E-state index in [4.69, 9.17) is 0 Å². The Balaban J connectivity index is 1.86. The van der Waals surface area contributed by atoms with E-state index in [1.165, 1.54) is 0 Å². The Morgan fingerprint density at radius 3 is 2.52 bits per heavy atom. The number of anilines is 1. The van der Waals surface area contributed by atoms with E-state index in [0.717, 1.165) is 30.2 Å². The molecule has 2 N–H and O–H groups in total. The normalized spacial score (nSPS) is 10.8. The lowest BCUT2D eigenvalue weighted by Gasteiger charge is -2.09. The average molecular weight is 504 g/mol. The van der Waals surface area contributed by atoms with Crippen molar-refractivity contribution in [3.63, 3.8) is 0 Å². The van der Waals surface area contributed by atoms with Gasteiger partial charge in [0, 0.05) is 19.1 Å². The van der Waals surface area contributed by atoms with Gasteiger partial charge in [0.15, 0.2) is 0 Å². The van der Waals surface area contributed by atoms with Gasteiger partial charge in [-0.1, -0.05) is 59.9 Å². The van der Waals surface area contributed by atoms with Gasteiger partial charge in [0.2, 0.25) is 0 Å². The van der Waals surface area contributed by atoms with E-state index in [1.54, 1.807) is 6.21 Å². The molecule has 0 unspecified atom stereocenters. The van der Waals surface area contributed by atoms with E-state index >= 15 is 0 Å². The maximum atomic E-state index is 11.8. The number of carbonyl (C=O) groups is 1. The fourth-order valence-electron chi connectivity index (χ4n) is 1.73. The first-order valence-electron chi connectivity index (χ1n) is 6.72. The molecule has 0 aliphatic rings. The molecular weight excluding hydrogens is 490 g/mol. The molecule has 0 radical (unpaired) electrons. The Hall–Kier alpha value is -1.18. The molecule has 0 spiro atoms. The van der Waals surface area contributed by atoms with Crippen LogP contribution in [0, 0.1) is 6.92 Å². The van der Waals surface area contributed by atoms with Gasteiger partial charge in [-0.05, 0) is 42.3 Å². The van der Waals surface area contributed by atoms with Crippen LogP contribution in [0.15, 0.2) is 54.9 Å². The van der Waals surface area contributed by atoms with Crippen molar-refractivity contribution in [2.45, 2.75) is 6.92 Å². The third kappa shape index (κ3) is 5.75. The molecule has 0 heterocycles. The lowest BCUT2D eigenvalue weighted by atomic mass is 10.2. The molecule has 0 saturated heterocycles. The fourth-order valence-corrected chi connectivity index (χ4v) is 3.34. The molecule has 0 saturated carbocycles. The van der Waals surface area contributed by atoms with Gasteiger partial charge >= 0.3 is 0 Å². The van der Waals surface area contributed by atoms with E-state index in [1.807, 2.05) is 43.3 Å². The SMILES string of the molecule is Cc1c(Br)cc(NCC(=O)NN=Cc2cccc(Br)c2)cc1Br. The van der Waals surface area contributed by atoms with Crippen molar-refractivity contribution < 1.29 is 4.79 Å². The molecule has 2 aromatic rings. The summed E-state index contributed by atoms with van der Waals surface area (Å²) in [4.78, 5) is 11.8. The Labute approximate surface area is 160 Å². The lowest BCUT2D eigenvalue weighted by Crippen LogP contribution is -2.25. The van der Waals surface area contributed by atoms with E-state index in [9.17, 15) is 4.79 Å². The number of nitrogens with one attached hydrogen (secondary N) is 2. The van der Waals surface area contributed by atoms with Crippen LogP contribution in [-0.4, -0.2) is 18.7 Å². The first-order chi connectivity index (χ1) is 11.0. The first kappa shape index (κ1) is 18.2. The quantitative estimate of drug-likeness (QED) is 0.453. The summed E-state index contributed by atoms with van der Waals surface area (Å²) in [6.45, 7) is 2.14. The van der Waals surface area contributed by atoms with Gasteiger partial charge in [-0.25, -0.2) is 5.43 Å². The zero-order chi connectivity index (χ0) is 16.8. The van der Waals surface area contributed by atoms with Crippen LogP contribution in [0.5, 0.6) is 0 Å². The number of halogens is 3. The molecule has 1 amide bonds. The molecule has 0 atom stereocenters. The molecule has 120 valence electrons. The Morgan fingerprint density at radius 2 is 1.87 bits per heavy atom. The topological polar surface area (TPSA) is 53.5 Å². The van der Waals surface area contributed by atoms with E-state index in [2.05, 4.69) is 63.6 Å². The number of hydrogen-bond acceptors (Lipinski definition) is 3. The zero-order valence-electron chi connectivity index (χ0n) is 12.2. The molecule has 0 aromatic heterocycles. The molecular formula is C16H14Br3N3O. The summed E-state index contributed by atoms with van der Waals surface area (Å²) in [5, 5.41) is 7.00. The number of hydrazone groups is 1. The summed E-state index contributed by atoms with van der Waals surface area (Å²) in [5.74, 6) is -0.218. The van der Waals surface area contributed by atoms with Crippen LogP contribution in [0.3, 0.4) is 0 Å². The maximum Gasteiger partial charge on any atom is 0.259 e. The van der Waals surface area contributed by atoms with Crippen molar-refractivity contribution in [2.24, 2.45) is 5.10 Å². The second-order valence-corrected chi connectivity index (χ2v) is 7.39. The minimum Gasteiger partial charge on any atom is -0.376 e. The summed E-state index contributed by atoms with van der Waals surface area (Å²) >= 11 is 10.3. The lowest BCUT2D eigenvalue weighted by molar-refractivity contribution is -0.119. The second kappa shape index (κ2) is 8.61. The minimum atomic E-state index is -0.218. The zero-order valence-corrected chi connectivity index (χ0v) is 17.0. The highest BCUT2D eigenvalue weighted by molar-refractivity contribution is 9.11. The van der Waals surface area contributed by atoms with E-state index in [0.29, 0.717) is 0 Å². The van der Waals surface area contributed by atoms with Crippen LogP contribution in [0.2, 0.25) is 0 Å². The van der Waals surface area contributed by atoms with Crippen molar-refractivity contribution in [1.29, 1.82) is 0 Å². The maximum absolute atomic E-state index is 11.8. The molecule has 2 rings (SSSR count). The second-order valence-electron chi connectivity index (χ2n) is 4.77. The largest absolute Gasteiger partial charge is 0.376 e. The standard InChI is InChI=1S/C16H14Br3N3O/c1-10-14(18)6-13(7-15(10)19)20-9-16(23)22-21-8-11-3-2-4-12(17)5-11/h2-8,20H,9H2,1H3,(H,22,23).